The highest BCUT2D eigenvalue weighted by atomic mass is 16.5. The molecule has 1 N–H and O–H groups in total. The Kier molecular flexibility index (Phi) is 6.97. The summed E-state index contributed by atoms with van der Waals surface area (Å²) in [6, 6.07) is 12.8. The molecule has 7 heteroatoms. The van der Waals surface area contributed by atoms with Crippen molar-refractivity contribution in [2.75, 3.05) is 39.3 Å². The zero-order valence-corrected chi connectivity index (χ0v) is 16.1. The number of amides is 2. The summed E-state index contributed by atoms with van der Waals surface area (Å²) in [5, 5.41) is 2.82. The summed E-state index contributed by atoms with van der Waals surface area (Å²) in [5.41, 5.74) is 0.448. The molecule has 0 atom stereocenters. The average molecular weight is 382 g/mol. The fourth-order valence-electron chi connectivity index (χ4n) is 3.19. The summed E-state index contributed by atoms with van der Waals surface area (Å²) in [4.78, 5) is 33.1. The first kappa shape index (κ1) is 19.8. The molecule has 1 fully saturated rings. The Balaban J connectivity index is 1.66. The number of ether oxygens (including phenoxy) is 1. The monoisotopic (exact) mass is 382 g/mol. The molecular formula is C21H26N4O3. The Morgan fingerprint density at radius 1 is 1.07 bits per heavy atom. The number of para-hydroxylation sites is 1. The number of nitrogens with zero attached hydrogens (tertiary/aromatic N) is 3. The van der Waals surface area contributed by atoms with E-state index in [1.165, 1.54) is 0 Å². The Morgan fingerprint density at radius 2 is 1.89 bits per heavy atom. The van der Waals surface area contributed by atoms with E-state index in [1.807, 2.05) is 42.2 Å². The maximum absolute atomic E-state index is 13.1. The van der Waals surface area contributed by atoms with Crippen molar-refractivity contribution >= 4 is 11.8 Å². The molecule has 2 amide bonds. The van der Waals surface area contributed by atoms with Crippen LogP contribution in [0.15, 0.2) is 48.7 Å². The number of benzene rings is 1. The number of carbonyl (C=O) groups excluding carboxylic acids is 2. The third-order valence-corrected chi connectivity index (χ3v) is 4.58. The Labute approximate surface area is 165 Å². The molecule has 2 aromatic rings. The van der Waals surface area contributed by atoms with Crippen LogP contribution in [0.3, 0.4) is 0 Å². The van der Waals surface area contributed by atoms with Gasteiger partial charge in [-0.15, -0.1) is 0 Å². The lowest BCUT2D eigenvalue weighted by molar-refractivity contribution is -0.122. The molecule has 0 saturated carbocycles. The average Bonchev–Trinajstić information content (AvgIpc) is 2.94. The van der Waals surface area contributed by atoms with Crippen LogP contribution in [0.4, 0.5) is 0 Å². The van der Waals surface area contributed by atoms with Crippen molar-refractivity contribution in [1.29, 1.82) is 0 Å². The second kappa shape index (κ2) is 9.85. The van der Waals surface area contributed by atoms with Crippen LogP contribution in [0.5, 0.6) is 11.6 Å². The summed E-state index contributed by atoms with van der Waals surface area (Å²) < 4.78 is 5.83. The van der Waals surface area contributed by atoms with E-state index in [-0.39, 0.29) is 11.8 Å². The van der Waals surface area contributed by atoms with Crippen LogP contribution < -0.4 is 10.1 Å². The van der Waals surface area contributed by atoms with Crippen LogP contribution in [-0.2, 0) is 4.79 Å². The topological polar surface area (TPSA) is 74.8 Å². The van der Waals surface area contributed by atoms with Crippen molar-refractivity contribution in [3.63, 3.8) is 0 Å². The molecule has 1 aromatic heterocycles. The van der Waals surface area contributed by atoms with Gasteiger partial charge in [0.1, 0.15) is 11.3 Å². The first-order valence-corrected chi connectivity index (χ1v) is 9.63. The summed E-state index contributed by atoms with van der Waals surface area (Å²) in [7, 11) is 0. The summed E-state index contributed by atoms with van der Waals surface area (Å²) in [5.74, 6) is 0.869. The lowest BCUT2D eigenvalue weighted by Crippen LogP contribution is -2.40. The van der Waals surface area contributed by atoms with Crippen molar-refractivity contribution in [1.82, 2.24) is 20.1 Å². The van der Waals surface area contributed by atoms with E-state index >= 15 is 0 Å². The quantitative estimate of drug-likeness (QED) is 0.829. The number of aromatic nitrogens is 1. The molecule has 0 bridgehead atoms. The fraction of sp³-hybridized carbons (Fsp3) is 0.381. The van der Waals surface area contributed by atoms with Gasteiger partial charge in [0.05, 0.1) is 6.54 Å². The largest absolute Gasteiger partial charge is 0.438 e. The smallest absolute Gasteiger partial charge is 0.259 e. The number of carbonyl (C=O) groups is 2. The van der Waals surface area contributed by atoms with Crippen molar-refractivity contribution < 1.29 is 14.3 Å². The van der Waals surface area contributed by atoms with Crippen LogP contribution in [0.1, 0.15) is 23.7 Å². The number of hydrogen-bond donors (Lipinski definition) is 1. The van der Waals surface area contributed by atoms with Crippen LogP contribution >= 0.6 is 0 Å². The third-order valence-electron chi connectivity index (χ3n) is 4.58. The van der Waals surface area contributed by atoms with Gasteiger partial charge in [0.15, 0.2) is 0 Å². The number of nitrogens with one attached hydrogen (secondary N) is 1. The second-order valence-corrected chi connectivity index (χ2v) is 6.65. The molecule has 1 saturated heterocycles. The maximum Gasteiger partial charge on any atom is 0.259 e. The molecule has 7 nitrogen and oxygen atoms in total. The highest BCUT2D eigenvalue weighted by molar-refractivity contribution is 5.96. The number of likely N-dealkylation sites (N-methyl/N-ethyl adjacent to an activating group) is 1. The number of rotatable bonds is 6. The van der Waals surface area contributed by atoms with Gasteiger partial charge in [-0.2, -0.15) is 0 Å². The van der Waals surface area contributed by atoms with Crippen LogP contribution in [-0.4, -0.2) is 65.9 Å². The number of pyridine rings is 1. The minimum absolute atomic E-state index is 0.0214. The zero-order chi connectivity index (χ0) is 19.8. The predicted octanol–water partition coefficient (Wildman–Crippen LogP) is 2.16. The highest BCUT2D eigenvalue weighted by Gasteiger charge is 2.24. The molecule has 3 rings (SSSR count). The molecule has 0 aliphatic carbocycles. The molecule has 1 aliphatic heterocycles. The fourth-order valence-corrected chi connectivity index (χ4v) is 3.19. The summed E-state index contributed by atoms with van der Waals surface area (Å²) in [6.45, 7) is 5.57. The number of hydrogen-bond acceptors (Lipinski definition) is 5. The van der Waals surface area contributed by atoms with E-state index in [0.29, 0.717) is 49.9 Å². The molecular weight excluding hydrogens is 356 g/mol. The lowest BCUT2D eigenvalue weighted by atomic mass is 10.2. The van der Waals surface area contributed by atoms with Crippen molar-refractivity contribution in [2.24, 2.45) is 0 Å². The normalized spacial score (nSPS) is 15.0. The van der Waals surface area contributed by atoms with Gasteiger partial charge < -0.3 is 15.0 Å². The van der Waals surface area contributed by atoms with Gasteiger partial charge in [-0.1, -0.05) is 18.2 Å². The molecule has 2 heterocycles. The predicted molar refractivity (Wildman–Crippen MR) is 106 cm³/mol. The van der Waals surface area contributed by atoms with Crippen molar-refractivity contribution in [2.45, 2.75) is 13.3 Å². The van der Waals surface area contributed by atoms with E-state index < -0.39 is 0 Å². The molecule has 148 valence electrons. The Hall–Kier alpha value is -2.93. The van der Waals surface area contributed by atoms with E-state index in [2.05, 4.69) is 15.2 Å². The minimum Gasteiger partial charge on any atom is -0.438 e. The summed E-state index contributed by atoms with van der Waals surface area (Å²) >= 11 is 0. The van der Waals surface area contributed by atoms with Gasteiger partial charge in [0.2, 0.25) is 11.8 Å². The van der Waals surface area contributed by atoms with Crippen LogP contribution in [0.25, 0.3) is 0 Å². The minimum atomic E-state index is -0.0982. The van der Waals surface area contributed by atoms with E-state index in [9.17, 15) is 9.59 Å². The Morgan fingerprint density at radius 3 is 2.68 bits per heavy atom. The molecule has 0 radical (unpaired) electrons. The van der Waals surface area contributed by atoms with Gasteiger partial charge >= 0.3 is 0 Å². The zero-order valence-electron chi connectivity index (χ0n) is 16.1. The molecule has 1 aliphatic rings. The third kappa shape index (κ3) is 5.29. The van der Waals surface area contributed by atoms with E-state index in [1.54, 1.807) is 18.3 Å². The Bertz CT molecular complexity index is 797. The highest BCUT2D eigenvalue weighted by Crippen LogP contribution is 2.24. The molecule has 1 aromatic carbocycles. The molecule has 0 spiro atoms. The van der Waals surface area contributed by atoms with Gasteiger partial charge in [-0.05, 0) is 37.6 Å². The summed E-state index contributed by atoms with van der Waals surface area (Å²) in [6.07, 6.45) is 2.44. The van der Waals surface area contributed by atoms with Gasteiger partial charge in [-0.25, -0.2) is 4.98 Å². The maximum atomic E-state index is 13.1. The SMILES string of the molecule is CCNC(=O)CN1CCCN(C(=O)c2cccnc2Oc2ccccc2)CC1. The van der Waals surface area contributed by atoms with Gasteiger partial charge in [0, 0.05) is 38.9 Å². The van der Waals surface area contributed by atoms with Crippen LogP contribution in [0, 0.1) is 0 Å². The van der Waals surface area contributed by atoms with Crippen molar-refractivity contribution in [3.05, 3.63) is 54.2 Å². The van der Waals surface area contributed by atoms with E-state index in [4.69, 9.17) is 4.74 Å². The first-order valence-electron chi connectivity index (χ1n) is 9.63. The first-order chi connectivity index (χ1) is 13.7. The lowest BCUT2D eigenvalue weighted by Gasteiger charge is -2.22. The second-order valence-electron chi connectivity index (χ2n) is 6.65. The standard InChI is InChI=1S/C21H26N4O3/c1-2-22-19(26)16-24-12-7-13-25(15-14-24)21(27)18-10-6-11-23-20(18)28-17-8-4-3-5-9-17/h3-6,8-11H,2,7,12-16H2,1H3,(H,22,26). The van der Waals surface area contributed by atoms with Gasteiger partial charge in [-0.3, -0.25) is 14.5 Å². The van der Waals surface area contributed by atoms with Crippen molar-refractivity contribution in [3.8, 4) is 11.6 Å². The van der Waals surface area contributed by atoms with E-state index in [0.717, 1.165) is 13.0 Å². The van der Waals surface area contributed by atoms with Gasteiger partial charge in [0.25, 0.3) is 5.91 Å². The molecule has 0 unspecified atom stereocenters. The molecule has 28 heavy (non-hydrogen) atoms. The van der Waals surface area contributed by atoms with Crippen LogP contribution in [0.2, 0.25) is 0 Å².